The molecule has 3 N–H and O–H groups in total. The highest BCUT2D eigenvalue weighted by Gasteiger charge is 2.22. The van der Waals surface area contributed by atoms with Crippen LogP contribution < -0.4 is 10.6 Å². The van der Waals surface area contributed by atoms with Crippen LogP contribution in [0.4, 0.5) is 5.82 Å². The Morgan fingerprint density at radius 3 is 2.45 bits per heavy atom. The van der Waals surface area contributed by atoms with Crippen molar-refractivity contribution in [1.82, 2.24) is 10.2 Å². The minimum atomic E-state index is 0.0397. The zero-order valence-electron chi connectivity index (χ0n) is 13.0. The highest BCUT2D eigenvalue weighted by atomic mass is 16.5. The fourth-order valence-corrected chi connectivity index (χ4v) is 2.25. The van der Waals surface area contributed by atoms with Gasteiger partial charge >= 0.3 is 0 Å². The average molecular weight is 279 g/mol. The topological polar surface area (TPSA) is 88.1 Å². The van der Waals surface area contributed by atoms with Crippen LogP contribution in [0.2, 0.25) is 0 Å². The Kier molecular flexibility index (Phi) is 5.88. The molecule has 1 rings (SSSR count). The molecule has 0 amide bonds. The number of aryl methyl sites for hydroxylation is 1. The lowest BCUT2D eigenvalue weighted by Gasteiger charge is -2.28. The van der Waals surface area contributed by atoms with Crippen LogP contribution in [-0.2, 0) is 17.6 Å². The molecule has 0 fully saturated rings. The molecule has 0 aliphatic carbocycles. The van der Waals surface area contributed by atoms with Crippen LogP contribution in [0.5, 0.6) is 0 Å². The largest absolute Gasteiger partial charge is 0.384 e. The third-order valence-corrected chi connectivity index (χ3v) is 3.50. The lowest BCUT2D eigenvalue weighted by Crippen LogP contribution is -2.36. The number of ether oxygens (including phenoxy) is 1. The summed E-state index contributed by atoms with van der Waals surface area (Å²) in [5.74, 6) is 0.689. The summed E-state index contributed by atoms with van der Waals surface area (Å²) in [6.07, 6.45) is 1.57. The normalized spacial score (nSPS) is 12.2. The van der Waals surface area contributed by atoms with E-state index >= 15 is 0 Å². The first-order chi connectivity index (χ1) is 9.47. The van der Waals surface area contributed by atoms with Crippen LogP contribution in [0.3, 0.4) is 0 Å². The number of nitrogens with zero attached hydrogens (tertiary/aromatic N) is 3. The van der Waals surface area contributed by atoms with Crippen LogP contribution in [0.1, 0.15) is 37.6 Å². The van der Waals surface area contributed by atoms with Gasteiger partial charge in [-0.3, -0.25) is 5.41 Å². The SMILES string of the molecule is CCc1nnc(N(C)C(C)COC)c(C(=N)N)c1CC. The van der Waals surface area contributed by atoms with Crippen molar-refractivity contribution in [3.8, 4) is 0 Å². The molecular weight excluding hydrogens is 254 g/mol. The zero-order chi connectivity index (χ0) is 15.3. The molecule has 1 aromatic heterocycles. The van der Waals surface area contributed by atoms with Gasteiger partial charge < -0.3 is 15.4 Å². The molecule has 0 spiro atoms. The molecule has 0 aromatic carbocycles. The number of hydrogen-bond acceptors (Lipinski definition) is 5. The number of methoxy groups -OCH3 is 1. The highest BCUT2D eigenvalue weighted by Crippen LogP contribution is 2.24. The van der Waals surface area contributed by atoms with E-state index in [1.807, 2.05) is 32.7 Å². The van der Waals surface area contributed by atoms with Crippen LogP contribution >= 0.6 is 0 Å². The van der Waals surface area contributed by atoms with E-state index < -0.39 is 0 Å². The maximum Gasteiger partial charge on any atom is 0.162 e. The van der Waals surface area contributed by atoms with Gasteiger partial charge in [-0.1, -0.05) is 13.8 Å². The van der Waals surface area contributed by atoms with Gasteiger partial charge in [-0.05, 0) is 25.3 Å². The van der Waals surface area contributed by atoms with Gasteiger partial charge in [-0.25, -0.2) is 0 Å². The van der Waals surface area contributed by atoms with Crippen molar-refractivity contribution >= 4 is 11.7 Å². The van der Waals surface area contributed by atoms with Crippen molar-refractivity contribution in [2.45, 2.75) is 39.7 Å². The number of nitrogen functional groups attached to an aromatic ring is 1. The van der Waals surface area contributed by atoms with Gasteiger partial charge in [-0.2, -0.15) is 5.10 Å². The number of nitrogens with two attached hydrogens (primary N) is 1. The highest BCUT2D eigenvalue weighted by molar-refractivity contribution is 6.01. The number of likely N-dealkylation sites (N-methyl/N-ethyl adjacent to an activating group) is 1. The van der Waals surface area contributed by atoms with Crippen LogP contribution in [0.25, 0.3) is 0 Å². The van der Waals surface area contributed by atoms with E-state index in [0.717, 1.165) is 24.1 Å². The first kappa shape index (κ1) is 16.4. The lowest BCUT2D eigenvalue weighted by atomic mass is 10.0. The Morgan fingerprint density at radius 2 is 2.00 bits per heavy atom. The number of nitrogens with one attached hydrogen (secondary N) is 1. The summed E-state index contributed by atoms with van der Waals surface area (Å²) in [5, 5.41) is 16.5. The van der Waals surface area contributed by atoms with Crippen molar-refractivity contribution in [3.63, 3.8) is 0 Å². The molecule has 0 saturated carbocycles. The Morgan fingerprint density at radius 1 is 1.35 bits per heavy atom. The van der Waals surface area contributed by atoms with Gasteiger partial charge in [-0.15, -0.1) is 5.10 Å². The number of amidine groups is 1. The minimum absolute atomic E-state index is 0.0397. The maximum absolute atomic E-state index is 7.88. The summed E-state index contributed by atoms with van der Waals surface area (Å²) in [4.78, 5) is 1.96. The van der Waals surface area contributed by atoms with Gasteiger partial charge in [0.2, 0.25) is 0 Å². The van der Waals surface area contributed by atoms with Gasteiger partial charge in [0.15, 0.2) is 5.82 Å². The average Bonchev–Trinajstić information content (AvgIpc) is 2.44. The number of aromatic nitrogens is 2. The molecule has 1 heterocycles. The van der Waals surface area contributed by atoms with E-state index in [9.17, 15) is 0 Å². The minimum Gasteiger partial charge on any atom is -0.384 e. The zero-order valence-corrected chi connectivity index (χ0v) is 13.0. The molecule has 1 unspecified atom stereocenters. The van der Waals surface area contributed by atoms with Crippen molar-refractivity contribution in [3.05, 3.63) is 16.8 Å². The molecular formula is C14H25N5O. The van der Waals surface area contributed by atoms with Crippen molar-refractivity contribution < 1.29 is 4.74 Å². The molecule has 6 nitrogen and oxygen atoms in total. The second-order valence-electron chi connectivity index (χ2n) is 4.86. The smallest absolute Gasteiger partial charge is 0.162 e. The molecule has 20 heavy (non-hydrogen) atoms. The Labute approximate surface area is 120 Å². The summed E-state index contributed by atoms with van der Waals surface area (Å²) in [5.41, 5.74) is 8.41. The summed E-state index contributed by atoms with van der Waals surface area (Å²) in [6, 6.07) is 0.129. The maximum atomic E-state index is 7.88. The van der Waals surface area contributed by atoms with E-state index in [2.05, 4.69) is 10.2 Å². The van der Waals surface area contributed by atoms with E-state index in [0.29, 0.717) is 18.0 Å². The van der Waals surface area contributed by atoms with Gasteiger partial charge in [0.25, 0.3) is 0 Å². The summed E-state index contributed by atoms with van der Waals surface area (Å²) in [6.45, 7) is 6.69. The number of hydrogen-bond donors (Lipinski definition) is 2. The summed E-state index contributed by atoms with van der Waals surface area (Å²) < 4.78 is 5.17. The fraction of sp³-hybridized carbons (Fsp3) is 0.643. The lowest BCUT2D eigenvalue weighted by molar-refractivity contribution is 0.183. The first-order valence-corrected chi connectivity index (χ1v) is 6.92. The molecule has 0 aliphatic rings. The molecule has 112 valence electrons. The van der Waals surface area contributed by atoms with Gasteiger partial charge in [0.1, 0.15) is 5.84 Å². The molecule has 1 atom stereocenters. The molecule has 0 aliphatic heterocycles. The second kappa shape index (κ2) is 7.19. The predicted octanol–water partition coefficient (Wildman–Crippen LogP) is 1.36. The standard InChI is InChI=1S/C14H25N5O/c1-6-10-11(7-2)17-18-14(12(10)13(15)16)19(4)9(3)8-20-5/h9H,6-8H2,1-5H3,(H3,15,16). The van der Waals surface area contributed by atoms with Crippen molar-refractivity contribution in [2.75, 3.05) is 25.7 Å². The molecule has 0 saturated heterocycles. The predicted molar refractivity (Wildman–Crippen MR) is 81.5 cm³/mol. The molecule has 0 bridgehead atoms. The Hall–Kier alpha value is -1.69. The van der Waals surface area contributed by atoms with Crippen LogP contribution in [0.15, 0.2) is 0 Å². The van der Waals surface area contributed by atoms with Crippen molar-refractivity contribution in [1.29, 1.82) is 5.41 Å². The summed E-state index contributed by atoms with van der Waals surface area (Å²) in [7, 11) is 3.59. The number of anilines is 1. The monoisotopic (exact) mass is 279 g/mol. The van der Waals surface area contributed by atoms with E-state index in [1.165, 1.54) is 0 Å². The van der Waals surface area contributed by atoms with Gasteiger partial charge in [0.05, 0.1) is 23.9 Å². The molecule has 1 aromatic rings. The quantitative estimate of drug-likeness (QED) is 0.581. The third-order valence-electron chi connectivity index (χ3n) is 3.50. The Bertz CT molecular complexity index is 475. The van der Waals surface area contributed by atoms with Crippen LogP contribution in [-0.4, -0.2) is 42.8 Å². The number of rotatable bonds is 7. The second-order valence-corrected chi connectivity index (χ2v) is 4.86. The molecule has 0 radical (unpaired) electrons. The molecule has 6 heteroatoms. The fourth-order valence-electron chi connectivity index (χ4n) is 2.25. The van der Waals surface area contributed by atoms with E-state index in [-0.39, 0.29) is 11.9 Å². The van der Waals surface area contributed by atoms with Crippen molar-refractivity contribution in [2.24, 2.45) is 5.73 Å². The Balaban J connectivity index is 3.36. The van der Waals surface area contributed by atoms with E-state index in [4.69, 9.17) is 15.9 Å². The summed E-state index contributed by atoms with van der Waals surface area (Å²) >= 11 is 0. The van der Waals surface area contributed by atoms with E-state index in [1.54, 1.807) is 7.11 Å². The van der Waals surface area contributed by atoms with Gasteiger partial charge in [0, 0.05) is 14.2 Å². The first-order valence-electron chi connectivity index (χ1n) is 6.92. The van der Waals surface area contributed by atoms with Crippen LogP contribution in [0, 0.1) is 5.41 Å². The third kappa shape index (κ3) is 3.25.